The highest BCUT2D eigenvalue weighted by Crippen LogP contribution is 2.18. The van der Waals surface area contributed by atoms with E-state index in [1.165, 1.54) is 5.69 Å². The Labute approximate surface area is 148 Å². The number of nitrogens with zero attached hydrogens (tertiary/aromatic N) is 3. The molecule has 0 aromatic carbocycles. The maximum absolute atomic E-state index is 10.4. The molecule has 1 unspecified atom stereocenters. The number of halogens is 2. The van der Waals surface area contributed by atoms with Gasteiger partial charge in [0.2, 0.25) is 0 Å². The molecule has 0 aliphatic carbocycles. The lowest BCUT2D eigenvalue weighted by Gasteiger charge is -2.37. The molecule has 1 aromatic rings. The molecule has 2 N–H and O–H groups in total. The van der Waals surface area contributed by atoms with Gasteiger partial charge in [0.15, 0.2) is 0 Å². The Morgan fingerprint density at radius 3 is 2.50 bits per heavy atom. The van der Waals surface area contributed by atoms with Gasteiger partial charge in [-0.1, -0.05) is 0 Å². The van der Waals surface area contributed by atoms with Crippen LogP contribution >= 0.6 is 36.2 Å². The average Bonchev–Trinajstić information content (AvgIpc) is 3.01. The summed E-state index contributed by atoms with van der Waals surface area (Å²) < 4.78 is 0. The van der Waals surface area contributed by atoms with Crippen molar-refractivity contribution < 1.29 is 5.11 Å². The Bertz CT molecular complexity index is 446. The van der Waals surface area contributed by atoms with Crippen molar-refractivity contribution in [2.75, 3.05) is 45.8 Å². The number of thiazole rings is 1. The van der Waals surface area contributed by atoms with Crippen molar-refractivity contribution in [3.05, 3.63) is 16.1 Å². The normalized spacial score (nSPS) is 26.5. The van der Waals surface area contributed by atoms with Gasteiger partial charge in [-0.3, -0.25) is 9.80 Å². The lowest BCUT2D eigenvalue weighted by Crippen LogP contribution is -2.52. The smallest absolute Gasteiger partial charge is 0.0909 e. The van der Waals surface area contributed by atoms with Gasteiger partial charge < -0.3 is 10.4 Å². The minimum Gasteiger partial charge on any atom is -0.387 e. The topological polar surface area (TPSA) is 51.6 Å². The Balaban J connectivity index is 0.00000121. The Morgan fingerprint density at radius 2 is 1.95 bits per heavy atom. The lowest BCUT2D eigenvalue weighted by molar-refractivity contribution is 0.00416. The zero-order valence-electron chi connectivity index (χ0n) is 13.0. The van der Waals surface area contributed by atoms with Crippen LogP contribution in [0.4, 0.5) is 0 Å². The maximum Gasteiger partial charge on any atom is 0.0909 e. The van der Waals surface area contributed by atoms with Crippen LogP contribution in [0.3, 0.4) is 0 Å². The van der Waals surface area contributed by atoms with E-state index in [-0.39, 0.29) is 24.8 Å². The van der Waals surface area contributed by atoms with E-state index in [0.29, 0.717) is 0 Å². The Hall–Kier alpha value is 0.0500. The molecule has 1 aromatic heterocycles. The molecule has 0 saturated carbocycles. The monoisotopic (exact) mass is 368 g/mol. The molecule has 128 valence electrons. The van der Waals surface area contributed by atoms with Crippen LogP contribution in [0, 0.1) is 6.92 Å². The highest BCUT2D eigenvalue weighted by atomic mass is 35.5. The van der Waals surface area contributed by atoms with E-state index in [0.717, 1.165) is 63.8 Å². The minimum atomic E-state index is -0.506. The molecule has 2 aliphatic heterocycles. The van der Waals surface area contributed by atoms with Crippen LogP contribution in [0.25, 0.3) is 0 Å². The van der Waals surface area contributed by atoms with Crippen molar-refractivity contribution in [2.24, 2.45) is 0 Å². The number of nitrogens with one attached hydrogen (secondary N) is 1. The second kappa shape index (κ2) is 8.78. The van der Waals surface area contributed by atoms with Gasteiger partial charge >= 0.3 is 0 Å². The number of β-amino-alcohol motifs (C(OH)–C–C–N with tert-alkyl or cyclic N) is 1. The standard InChI is InChI=1S/C14H24N4OS.2ClH/c1-12-16-13(9-20-12)8-17-4-6-18(7-5-17)11-14(19)2-3-15-10-14;;/h9,15,19H,2-8,10-11H2,1H3;2*1H. The van der Waals surface area contributed by atoms with E-state index >= 15 is 0 Å². The summed E-state index contributed by atoms with van der Waals surface area (Å²) in [7, 11) is 0. The Morgan fingerprint density at radius 1 is 1.27 bits per heavy atom. The molecular weight excluding hydrogens is 343 g/mol. The van der Waals surface area contributed by atoms with Crippen molar-refractivity contribution in [1.82, 2.24) is 20.1 Å². The van der Waals surface area contributed by atoms with Gasteiger partial charge in [-0.15, -0.1) is 36.2 Å². The molecule has 8 heteroatoms. The third-order valence-electron chi connectivity index (χ3n) is 4.26. The predicted octanol–water partition coefficient (Wildman–Crippen LogP) is 1.14. The van der Waals surface area contributed by atoms with Gasteiger partial charge in [0, 0.05) is 51.2 Å². The highest BCUT2D eigenvalue weighted by molar-refractivity contribution is 7.09. The van der Waals surface area contributed by atoms with Gasteiger partial charge in [0.05, 0.1) is 16.3 Å². The molecular formula is C14H26Cl2N4OS. The fourth-order valence-corrected chi connectivity index (χ4v) is 3.70. The van der Waals surface area contributed by atoms with Crippen LogP contribution in [0.5, 0.6) is 0 Å². The fourth-order valence-electron chi connectivity index (χ4n) is 3.10. The van der Waals surface area contributed by atoms with E-state index < -0.39 is 5.60 Å². The average molecular weight is 369 g/mol. The Kier molecular flexibility index (Phi) is 8.02. The molecule has 0 amide bonds. The molecule has 0 spiro atoms. The zero-order chi connectivity index (χ0) is 14.0. The van der Waals surface area contributed by atoms with Gasteiger partial charge in [0.1, 0.15) is 0 Å². The number of aliphatic hydroxyl groups is 1. The van der Waals surface area contributed by atoms with Crippen LogP contribution < -0.4 is 5.32 Å². The fraction of sp³-hybridized carbons (Fsp3) is 0.786. The van der Waals surface area contributed by atoms with E-state index in [1.807, 2.05) is 0 Å². The molecule has 3 rings (SSSR count). The summed E-state index contributed by atoms with van der Waals surface area (Å²) in [5, 5.41) is 17.0. The zero-order valence-corrected chi connectivity index (χ0v) is 15.4. The van der Waals surface area contributed by atoms with Crippen LogP contribution in [0.15, 0.2) is 5.38 Å². The molecule has 1 atom stereocenters. The van der Waals surface area contributed by atoms with Gasteiger partial charge in [-0.2, -0.15) is 0 Å². The van der Waals surface area contributed by atoms with Crippen LogP contribution in [0.1, 0.15) is 17.1 Å². The number of hydrogen-bond donors (Lipinski definition) is 2. The van der Waals surface area contributed by atoms with E-state index in [9.17, 15) is 5.11 Å². The minimum absolute atomic E-state index is 0. The number of hydrogen-bond acceptors (Lipinski definition) is 6. The van der Waals surface area contributed by atoms with Gasteiger partial charge in [-0.05, 0) is 19.9 Å². The number of piperazine rings is 1. The summed E-state index contributed by atoms with van der Waals surface area (Å²) in [6.45, 7) is 9.75. The summed E-state index contributed by atoms with van der Waals surface area (Å²) in [6.07, 6.45) is 0.880. The number of aryl methyl sites for hydroxylation is 1. The van der Waals surface area contributed by atoms with Crippen molar-refractivity contribution in [1.29, 1.82) is 0 Å². The summed E-state index contributed by atoms with van der Waals surface area (Å²) in [6, 6.07) is 0. The van der Waals surface area contributed by atoms with Crippen LogP contribution in [-0.4, -0.2) is 71.3 Å². The second-order valence-corrected chi connectivity index (χ2v) is 7.12. The quantitative estimate of drug-likeness (QED) is 0.834. The number of rotatable bonds is 4. The van der Waals surface area contributed by atoms with Crippen molar-refractivity contribution in [2.45, 2.75) is 25.5 Å². The molecule has 22 heavy (non-hydrogen) atoms. The summed E-state index contributed by atoms with van der Waals surface area (Å²) in [5.74, 6) is 0. The van der Waals surface area contributed by atoms with Crippen molar-refractivity contribution in [3.8, 4) is 0 Å². The van der Waals surface area contributed by atoms with Crippen molar-refractivity contribution in [3.63, 3.8) is 0 Å². The molecule has 2 saturated heterocycles. The van der Waals surface area contributed by atoms with E-state index in [4.69, 9.17) is 0 Å². The molecule has 3 heterocycles. The first-order valence-corrected chi connectivity index (χ1v) is 8.30. The van der Waals surface area contributed by atoms with Crippen LogP contribution in [-0.2, 0) is 6.54 Å². The molecule has 0 bridgehead atoms. The molecule has 2 fully saturated rings. The van der Waals surface area contributed by atoms with Crippen molar-refractivity contribution >= 4 is 36.2 Å². The van der Waals surface area contributed by atoms with Crippen LogP contribution in [0.2, 0.25) is 0 Å². The first kappa shape index (κ1) is 20.1. The third kappa shape index (κ3) is 5.30. The molecule has 5 nitrogen and oxygen atoms in total. The number of aromatic nitrogens is 1. The maximum atomic E-state index is 10.4. The molecule has 0 radical (unpaired) electrons. The SMILES string of the molecule is Cc1nc(CN2CCN(CC3(O)CCNC3)CC2)cs1.Cl.Cl. The second-order valence-electron chi connectivity index (χ2n) is 6.06. The molecule has 2 aliphatic rings. The highest BCUT2D eigenvalue weighted by Gasteiger charge is 2.33. The first-order chi connectivity index (χ1) is 9.63. The van der Waals surface area contributed by atoms with E-state index in [2.05, 4.69) is 32.4 Å². The predicted molar refractivity (Wildman–Crippen MR) is 95.5 cm³/mol. The first-order valence-electron chi connectivity index (χ1n) is 7.42. The summed E-state index contributed by atoms with van der Waals surface area (Å²) in [5.41, 5.74) is 0.688. The largest absolute Gasteiger partial charge is 0.387 e. The lowest BCUT2D eigenvalue weighted by atomic mass is 10.0. The summed E-state index contributed by atoms with van der Waals surface area (Å²) >= 11 is 1.73. The summed E-state index contributed by atoms with van der Waals surface area (Å²) in [4.78, 5) is 9.39. The third-order valence-corrected chi connectivity index (χ3v) is 5.08. The van der Waals surface area contributed by atoms with E-state index in [1.54, 1.807) is 11.3 Å². The van der Waals surface area contributed by atoms with Gasteiger partial charge in [-0.25, -0.2) is 4.98 Å². The van der Waals surface area contributed by atoms with Gasteiger partial charge in [0.25, 0.3) is 0 Å².